The second kappa shape index (κ2) is 5.53. The van der Waals surface area contributed by atoms with Gasteiger partial charge in [-0.25, -0.2) is 13.9 Å². The summed E-state index contributed by atoms with van der Waals surface area (Å²) in [5.41, 5.74) is 1.18. The first-order valence-corrected chi connectivity index (χ1v) is 6.00. The third-order valence-electron chi connectivity index (χ3n) is 2.63. The predicted octanol–water partition coefficient (Wildman–Crippen LogP) is 2.37. The minimum Gasteiger partial charge on any atom is -0.461 e. The van der Waals surface area contributed by atoms with Gasteiger partial charge < -0.3 is 4.74 Å². The number of hydrogen-bond donors (Lipinski definition) is 0. The number of aromatic nitrogens is 2. The van der Waals surface area contributed by atoms with Gasteiger partial charge in [-0.15, -0.1) is 0 Å². The lowest BCUT2D eigenvalue weighted by Gasteiger charge is -2.07. The van der Waals surface area contributed by atoms with E-state index in [4.69, 9.17) is 10.00 Å². The summed E-state index contributed by atoms with van der Waals surface area (Å²) in [7, 11) is 0. The van der Waals surface area contributed by atoms with Crippen LogP contribution in [0.4, 0.5) is 4.39 Å². The summed E-state index contributed by atoms with van der Waals surface area (Å²) in [5.74, 6) is -1.13. The van der Waals surface area contributed by atoms with Crippen LogP contribution in [0.2, 0.25) is 0 Å². The van der Waals surface area contributed by atoms with Gasteiger partial charge in [0.2, 0.25) is 0 Å². The number of carbonyl (C=O) groups is 1. The molecule has 6 heteroatoms. The third-order valence-corrected chi connectivity index (χ3v) is 2.63. The Bertz CT molecular complexity index is 701. The Morgan fingerprint density at radius 1 is 1.50 bits per heavy atom. The lowest BCUT2D eigenvalue weighted by molar-refractivity contribution is 0.0515. The molecule has 0 bridgehead atoms. The lowest BCUT2D eigenvalue weighted by atomic mass is 10.2. The molecule has 20 heavy (non-hydrogen) atoms. The molecule has 0 aliphatic carbocycles. The number of esters is 1. The zero-order chi connectivity index (χ0) is 14.7. The normalized spacial score (nSPS) is 10.1. The number of rotatable bonds is 3. The van der Waals surface area contributed by atoms with Gasteiger partial charge in [0.15, 0.2) is 5.69 Å². The second-order valence-electron chi connectivity index (χ2n) is 4.08. The smallest absolute Gasteiger partial charge is 0.357 e. The van der Waals surface area contributed by atoms with Gasteiger partial charge in [-0.3, -0.25) is 0 Å². The molecule has 2 aromatic rings. The summed E-state index contributed by atoms with van der Waals surface area (Å²) < 4.78 is 19.6. The largest absolute Gasteiger partial charge is 0.461 e. The molecule has 1 aromatic heterocycles. The van der Waals surface area contributed by atoms with Gasteiger partial charge in [0, 0.05) is 0 Å². The maximum atomic E-state index is 13.3. The minimum atomic E-state index is -0.613. The predicted molar refractivity (Wildman–Crippen MR) is 68.9 cm³/mol. The van der Waals surface area contributed by atoms with E-state index in [1.54, 1.807) is 26.0 Å². The maximum absolute atomic E-state index is 13.3. The molecule has 102 valence electrons. The fraction of sp³-hybridized carbons (Fsp3) is 0.214. The van der Waals surface area contributed by atoms with Gasteiger partial charge in [0.05, 0.1) is 23.6 Å². The van der Waals surface area contributed by atoms with E-state index in [2.05, 4.69) is 5.10 Å². The highest BCUT2D eigenvalue weighted by Crippen LogP contribution is 2.17. The van der Waals surface area contributed by atoms with Crippen molar-refractivity contribution in [3.63, 3.8) is 0 Å². The first-order valence-electron chi connectivity index (χ1n) is 6.00. The van der Waals surface area contributed by atoms with Crippen molar-refractivity contribution in [2.45, 2.75) is 13.8 Å². The molecular formula is C14H12FN3O2. The summed E-state index contributed by atoms with van der Waals surface area (Å²) in [6.45, 7) is 3.68. The van der Waals surface area contributed by atoms with E-state index in [1.165, 1.54) is 22.9 Å². The fourth-order valence-electron chi connectivity index (χ4n) is 1.78. The Labute approximate surface area is 115 Å². The Hall–Kier alpha value is -2.68. The SMILES string of the molecule is CCOC(=O)c1cc(C)nn1-c1ccc(F)c(C#N)c1. The second-order valence-corrected chi connectivity index (χ2v) is 4.08. The maximum Gasteiger partial charge on any atom is 0.357 e. The van der Waals surface area contributed by atoms with Gasteiger partial charge >= 0.3 is 5.97 Å². The molecule has 0 fully saturated rings. The van der Waals surface area contributed by atoms with Crippen molar-refractivity contribution >= 4 is 5.97 Å². The van der Waals surface area contributed by atoms with Crippen molar-refractivity contribution in [2.24, 2.45) is 0 Å². The van der Waals surface area contributed by atoms with Crippen molar-refractivity contribution < 1.29 is 13.9 Å². The number of nitrogens with zero attached hydrogens (tertiary/aromatic N) is 3. The van der Waals surface area contributed by atoms with Crippen molar-refractivity contribution in [1.82, 2.24) is 9.78 Å². The summed E-state index contributed by atoms with van der Waals surface area (Å²) in [5, 5.41) is 13.0. The van der Waals surface area contributed by atoms with E-state index in [0.29, 0.717) is 11.4 Å². The number of halogens is 1. The minimum absolute atomic E-state index is 0.106. The van der Waals surface area contributed by atoms with Crippen molar-refractivity contribution in [1.29, 1.82) is 5.26 Å². The van der Waals surface area contributed by atoms with Crippen molar-refractivity contribution in [3.8, 4) is 11.8 Å². The quantitative estimate of drug-likeness (QED) is 0.805. The van der Waals surface area contributed by atoms with Gasteiger partial charge in [-0.2, -0.15) is 10.4 Å². The topological polar surface area (TPSA) is 67.9 Å². The molecule has 5 nitrogen and oxygen atoms in total. The zero-order valence-corrected chi connectivity index (χ0v) is 11.1. The van der Waals surface area contributed by atoms with E-state index >= 15 is 0 Å². The molecule has 0 unspecified atom stereocenters. The van der Waals surface area contributed by atoms with Crippen molar-refractivity contribution in [3.05, 3.63) is 47.0 Å². The van der Waals surface area contributed by atoms with Crippen LogP contribution in [0.5, 0.6) is 0 Å². The van der Waals surface area contributed by atoms with Crippen molar-refractivity contribution in [2.75, 3.05) is 6.61 Å². The molecule has 0 N–H and O–H groups in total. The highest BCUT2D eigenvalue weighted by atomic mass is 19.1. The average Bonchev–Trinajstić information content (AvgIpc) is 2.82. The molecule has 0 saturated carbocycles. The molecule has 0 saturated heterocycles. The molecule has 0 aliphatic rings. The summed E-state index contributed by atoms with van der Waals surface area (Å²) >= 11 is 0. The molecular weight excluding hydrogens is 261 g/mol. The number of hydrogen-bond acceptors (Lipinski definition) is 4. The van der Waals surface area contributed by atoms with Gasteiger partial charge in [0.1, 0.15) is 11.9 Å². The van der Waals surface area contributed by atoms with Crippen LogP contribution in [0.15, 0.2) is 24.3 Å². The van der Waals surface area contributed by atoms with Crippen LogP contribution in [0.25, 0.3) is 5.69 Å². The standard InChI is InChI=1S/C14H12FN3O2/c1-3-20-14(19)13-6-9(2)17-18(13)11-4-5-12(15)10(7-11)8-16/h4-7H,3H2,1-2H3. The zero-order valence-electron chi connectivity index (χ0n) is 11.1. The van der Waals surface area contributed by atoms with E-state index in [-0.39, 0.29) is 17.9 Å². The third kappa shape index (κ3) is 2.52. The van der Waals surface area contributed by atoms with E-state index < -0.39 is 11.8 Å². The van der Waals surface area contributed by atoms with Crippen LogP contribution >= 0.6 is 0 Å². The van der Waals surface area contributed by atoms with E-state index in [0.717, 1.165) is 0 Å². The van der Waals surface area contributed by atoms with Crippen LogP contribution < -0.4 is 0 Å². The van der Waals surface area contributed by atoms with Crippen LogP contribution in [0.1, 0.15) is 28.7 Å². The first kappa shape index (κ1) is 13.7. The Morgan fingerprint density at radius 3 is 2.90 bits per heavy atom. The number of ether oxygens (including phenoxy) is 1. The molecule has 2 rings (SSSR count). The van der Waals surface area contributed by atoms with Gasteiger partial charge in [-0.1, -0.05) is 0 Å². The summed E-state index contributed by atoms with van der Waals surface area (Å²) in [6, 6.07) is 7.28. The Balaban J connectivity index is 2.53. The lowest BCUT2D eigenvalue weighted by Crippen LogP contribution is -2.12. The first-order chi connectivity index (χ1) is 9.56. The van der Waals surface area contributed by atoms with Gasteiger partial charge in [0.25, 0.3) is 0 Å². The molecule has 0 radical (unpaired) electrons. The number of carbonyl (C=O) groups excluding carboxylic acids is 1. The molecule has 0 spiro atoms. The van der Waals surface area contributed by atoms with E-state index in [9.17, 15) is 9.18 Å². The van der Waals surface area contributed by atoms with E-state index in [1.807, 2.05) is 0 Å². The van der Waals surface area contributed by atoms with Gasteiger partial charge in [-0.05, 0) is 38.1 Å². The number of nitriles is 1. The molecule has 0 atom stereocenters. The Morgan fingerprint density at radius 2 is 2.25 bits per heavy atom. The van der Waals surface area contributed by atoms with Crippen LogP contribution in [0.3, 0.4) is 0 Å². The highest BCUT2D eigenvalue weighted by Gasteiger charge is 2.17. The summed E-state index contributed by atoms with van der Waals surface area (Å²) in [6.07, 6.45) is 0. The Kier molecular flexibility index (Phi) is 3.80. The molecule has 1 heterocycles. The summed E-state index contributed by atoms with van der Waals surface area (Å²) in [4.78, 5) is 11.9. The fourth-order valence-corrected chi connectivity index (χ4v) is 1.78. The molecule has 0 amide bonds. The van der Waals surface area contributed by atoms with Crippen LogP contribution in [0, 0.1) is 24.1 Å². The highest BCUT2D eigenvalue weighted by molar-refractivity contribution is 5.88. The molecule has 1 aromatic carbocycles. The monoisotopic (exact) mass is 273 g/mol. The molecule has 0 aliphatic heterocycles. The average molecular weight is 273 g/mol. The van der Waals surface area contributed by atoms with Crippen LogP contribution in [-0.4, -0.2) is 22.4 Å². The number of aryl methyl sites for hydroxylation is 1. The number of benzene rings is 1. The van der Waals surface area contributed by atoms with Crippen LogP contribution in [-0.2, 0) is 4.74 Å².